The number of methoxy groups -OCH3 is 2. The van der Waals surface area contributed by atoms with Gasteiger partial charge in [-0.25, -0.2) is 4.90 Å². The van der Waals surface area contributed by atoms with Gasteiger partial charge in [0, 0.05) is 23.8 Å². The number of carbonyl (C=O) groups is 2. The summed E-state index contributed by atoms with van der Waals surface area (Å²) >= 11 is 10.6. The molecular formula is C30H30ClF2N3O6S. The number of hydrogen-bond acceptors (Lipinski definition) is 7. The van der Waals surface area contributed by atoms with E-state index in [1.165, 1.54) is 24.3 Å². The maximum absolute atomic E-state index is 13.7. The number of anilines is 2. The highest BCUT2D eigenvalue weighted by atomic mass is 35.5. The number of amides is 2. The number of imide groups is 1. The first-order valence-corrected chi connectivity index (χ1v) is 14.1. The van der Waals surface area contributed by atoms with Crippen molar-refractivity contribution in [3.63, 3.8) is 0 Å². The van der Waals surface area contributed by atoms with Crippen LogP contribution in [0.1, 0.15) is 18.9 Å². The van der Waals surface area contributed by atoms with Crippen molar-refractivity contribution >= 4 is 52.1 Å². The Bertz CT molecular complexity index is 1450. The molecule has 1 heterocycles. The molecule has 1 unspecified atom stereocenters. The van der Waals surface area contributed by atoms with Gasteiger partial charge in [-0.2, -0.15) is 0 Å². The van der Waals surface area contributed by atoms with E-state index in [2.05, 4.69) is 10.1 Å². The molecule has 0 aliphatic carbocycles. The first kappa shape index (κ1) is 31.8. The van der Waals surface area contributed by atoms with Crippen LogP contribution in [0, 0.1) is 0 Å². The SMILES string of the molecule is CCOc1ccc(NC(=S)N(CCc2ccc(OC)c(OC)c2)C2CC(=O)N(c3ccc(OC(F)(F)Cl)cc3)C2=O)cc1. The van der Waals surface area contributed by atoms with E-state index in [0.29, 0.717) is 36.0 Å². The maximum Gasteiger partial charge on any atom is 0.487 e. The number of rotatable bonds is 12. The van der Waals surface area contributed by atoms with Gasteiger partial charge in [0.1, 0.15) is 17.5 Å². The molecule has 3 aromatic rings. The minimum absolute atomic E-state index is 0.145. The summed E-state index contributed by atoms with van der Waals surface area (Å²) < 4.78 is 46.6. The van der Waals surface area contributed by atoms with E-state index < -0.39 is 23.4 Å². The maximum atomic E-state index is 13.7. The lowest BCUT2D eigenvalue weighted by Crippen LogP contribution is -2.48. The van der Waals surface area contributed by atoms with Gasteiger partial charge >= 0.3 is 5.57 Å². The molecule has 1 aliphatic heterocycles. The van der Waals surface area contributed by atoms with Crippen LogP contribution >= 0.6 is 23.8 Å². The van der Waals surface area contributed by atoms with Crippen molar-refractivity contribution in [1.82, 2.24) is 4.90 Å². The average molecular weight is 634 g/mol. The van der Waals surface area contributed by atoms with Gasteiger partial charge in [0.05, 0.1) is 32.9 Å². The quantitative estimate of drug-likeness (QED) is 0.150. The summed E-state index contributed by atoms with van der Waals surface area (Å²) in [5, 5.41) is 3.40. The average Bonchev–Trinajstić information content (AvgIpc) is 3.26. The van der Waals surface area contributed by atoms with E-state index in [9.17, 15) is 18.4 Å². The third-order valence-electron chi connectivity index (χ3n) is 6.59. The number of halogens is 3. The number of thiocarbonyl (C=S) groups is 1. The highest BCUT2D eigenvalue weighted by molar-refractivity contribution is 7.80. The van der Waals surface area contributed by atoms with Crippen LogP contribution in [0.4, 0.5) is 20.2 Å². The highest BCUT2D eigenvalue weighted by Gasteiger charge is 2.43. The molecule has 1 fully saturated rings. The van der Waals surface area contributed by atoms with E-state index in [1.54, 1.807) is 49.5 Å². The molecule has 3 aromatic carbocycles. The minimum Gasteiger partial charge on any atom is -0.494 e. The third kappa shape index (κ3) is 8.02. The lowest BCUT2D eigenvalue weighted by atomic mass is 10.1. The van der Waals surface area contributed by atoms with Crippen molar-refractivity contribution in [2.75, 3.05) is 37.6 Å². The molecule has 0 spiro atoms. The van der Waals surface area contributed by atoms with Gasteiger partial charge < -0.3 is 29.2 Å². The fraction of sp³-hybridized carbons (Fsp3) is 0.300. The number of nitrogens with one attached hydrogen (secondary N) is 1. The Hall–Kier alpha value is -4.16. The first-order valence-electron chi connectivity index (χ1n) is 13.3. The van der Waals surface area contributed by atoms with E-state index in [1.807, 2.05) is 19.1 Å². The molecule has 2 amide bonds. The number of alkyl halides is 3. The van der Waals surface area contributed by atoms with Gasteiger partial charge in [-0.1, -0.05) is 6.07 Å². The van der Waals surface area contributed by atoms with Crippen molar-refractivity contribution < 1.29 is 37.3 Å². The summed E-state index contributed by atoms with van der Waals surface area (Å²) in [6.07, 6.45) is 0.315. The molecule has 1 atom stereocenters. The van der Waals surface area contributed by atoms with Crippen molar-refractivity contribution in [3.05, 3.63) is 72.3 Å². The standard InChI is InChI=1S/C30H30ClF2N3O6S/c1-4-41-22-10-6-20(7-11-22)34-29(43)35(16-15-19-5-14-25(39-2)26(17-19)40-3)24-18-27(37)36(28(24)38)21-8-12-23(13-9-21)42-30(31,32)33/h5-14,17,24H,4,15-16,18H2,1-3H3,(H,34,43). The van der Waals surface area contributed by atoms with Crippen LogP contribution in [0.2, 0.25) is 0 Å². The highest BCUT2D eigenvalue weighted by Crippen LogP contribution is 2.32. The molecule has 228 valence electrons. The lowest BCUT2D eigenvalue weighted by Gasteiger charge is -2.30. The molecule has 0 aromatic heterocycles. The minimum atomic E-state index is -3.90. The lowest BCUT2D eigenvalue weighted by molar-refractivity contribution is -0.122. The summed E-state index contributed by atoms with van der Waals surface area (Å²) in [5.74, 6) is 0.628. The second-order valence-electron chi connectivity index (χ2n) is 9.35. The number of benzene rings is 3. The number of ether oxygens (including phenoxy) is 4. The number of carbonyl (C=O) groups excluding carboxylic acids is 2. The monoisotopic (exact) mass is 633 g/mol. The predicted octanol–water partition coefficient (Wildman–Crippen LogP) is 5.84. The smallest absolute Gasteiger partial charge is 0.487 e. The van der Waals surface area contributed by atoms with E-state index in [0.717, 1.165) is 10.5 Å². The fourth-order valence-electron chi connectivity index (χ4n) is 4.61. The van der Waals surface area contributed by atoms with Gasteiger partial charge in [0.25, 0.3) is 5.91 Å². The van der Waals surface area contributed by atoms with E-state index >= 15 is 0 Å². The summed E-state index contributed by atoms with van der Waals surface area (Å²) in [5.41, 5.74) is -2.13. The molecule has 0 radical (unpaired) electrons. The van der Waals surface area contributed by atoms with Gasteiger partial charge in [-0.15, -0.1) is 8.78 Å². The molecular weight excluding hydrogens is 604 g/mol. The Morgan fingerprint density at radius 2 is 1.67 bits per heavy atom. The second kappa shape index (κ2) is 13.9. The zero-order valence-corrected chi connectivity index (χ0v) is 25.2. The molecule has 9 nitrogen and oxygen atoms in total. The predicted molar refractivity (Wildman–Crippen MR) is 163 cm³/mol. The van der Waals surface area contributed by atoms with Crippen LogP contribution in [0.3, 0.4) is 0 Å². The van der Waals surface area contributed by atoms with Crippen LogP contribution in [-0.4, -0.2) is 60.8 Å². The summed E-state index contributed by atoms with van der Waals surface area (Å²) in [6, 6.07) is 16.8. The van der Waals surface area contributed by atoms with Gasteiger partial charge in [0.15, 0.2) is 16.6 Å². The van der Waals surface area contributed by atoms with Crippen molar-refractivity contribution in [2.45, 2.75) is 31.4 Å². The zero-order valence-electron chi connectivity index (χ0n) is 23.6. The fourth-order valence-corrected chi connectivity index (χ4v) is 5.03. The molecule has 4 rings (SSSR count). The van der Waals surface area contributed by atoms with E-state index in [4.69, 9.17) is 38.0 Å². The van der Waals surface area contributed by atoms with Crippen molar-refractivity contribution in [2.24, 2.45) is 0 Å². The summed E-state index contributed by atoms with van der Waals surface area (Å²) in [6.45, 7) is 2.70. The topological polar surface area (TPSA) is 89.6 Å². The normalized spacial score (nSPS) is 14.8. The van der Waals surface area contributed by atoms with Crippen LogP contribution in [0.15, 0.2) is 66.7 Å². The van der Waals surface area contributed by atoms with Gasteiger partial charge in [-0.05, 0) is 91.8 Å². The Balaban J connectivity index is 1.57. The molecule has 0 bridgehead atoms. The Morgan fingerprint density at radius 1 is 1.02 bits per heavy atom. The van der Waals surface area contributed by atoms with E-state index in [-0.39, 0.29) is 29.5 Å². The zero-order chi connectivity index (χ0) is 31.1. The molecule has 43 heavy (non-hydrogen) atoms. The Labute approximate surface area is 258 Å². The third-order valence-corrected chi connectivity index (χ3v) is 7.01. The van der Waals surface area contributed by atoms with Crippen molar-refractivity contribution in [3.8, 4) is 23.0 Å². The second-order valence-corrected chi connectivity index (χ2v) is 10.2. The van der Waals surface area contributed by atoms with Crippen LogP contribution < -0.4 is 29.2 Å². The number of hydrogen-bond donors (Lipinski definition) is 1. The molecule has 13 heteroatoms. The molecule has 1 saturated heterocycles. The Kier molecular flexibility index (Phi) is 10.3. The van der Waals surface area contributed by atoms with Gasteiger partial charge in [-0.3, -0.25) is 9.59 Å². The van der Waals surface area contributed by atoms with Crippen molar-refractivity contribution in [1.29, 1.82) is 0 Å². The Morgan fingerprint density at radius 3 is 2.28 bits per heavy atom. The summed E-state index contributed by atoms with van der Waals surface area (Å²) in [4.78, 5) is 29.5. The molecule has 0 saturated carbocycles. The molecule has 1 N–H and O–H groups in total. The summed E-state index contributed by atoms with van der Waals surface area (Å²) in [7, 11) is 3.09. The largest absolute Gasteiger partial charge is 0.494 e. The van der Waals surface area contributed by atoms with Gasteiger partial charge in [0.2, 0.25) is 5.91 Å². The van der Waals surface area contributed by atoms with Crippen LogP contribution in [-0.2, 0) is 16.0 Å². The van der Waals surface area contributed by atoms with Crippen LogP contribution in [0.25, 0.3) is 0 Å². The number of nitrogens with zero attached hydrogens (tertiary/aromatic N) is 2. The van der Waals surface area contributed by atoms with Crippen LogP contribution in [0.5, 0.6) is 23.0 Å². The molecule has 1 aliphatic rings. The first-order chi connectivity index (χ1) is 20.5.